The highest BCUT2D eigenvalue weighted by Gasteiger charge is 2.09. The van der Waals surface area contributed by atoms with Gasteiger partial charge in [-0.15, -0.1) is 0 Å². The van der Waals surface area contributed by atoms with Gasteiger partial charge in [-0.25, -0.2) is 0 Å². The number of ether oxygens (including phenoxy) is 1. The van der Waals surface area contributed by atoms with E-state index in [1.807, 2.05) is 32.0 Å². The quantitative estimate of drug-likeness (QED) is 0.932. The lowest BCUT2D eigenvalue weighted by atomic mass is 10.1. The third-order valence-electron chi connectivity index (χ3n) is 2.56. The maximum absolute atomic E-state index is 6.12. The van der Waals surface area contributed by atoms with E-state index in [1.54, 1.807) is 0 Å². The summed E-state index contributed by atoms with van der Waals surface area (Å²) in [4.78, 5) is 12.7. The number of aryl methyl sites for hydroxylation is 1. The fourth-order valence-electron chi connectivity index (χ4n) is 1.55. The molecule has 0 unspecified atom stereocenters. The molecule has 1 heterocycles. The molecule has 100 valence electrons. The van der Waals surface area contributed by atoms with Gasteiger partial charge in [0, 0.05) is 17.1 Å². The summed E-state index contributed by atoms with van der Waals surface area (Å²) in [5, 5.41) is 3.73. The van der Waals surface area contributed by atoms with Gasteiger partial charge in [0.1, 0.15) is 0 Å². The average Bonchev–Trinajstić information content (AvgIpc) is 2.42. The van der Waals surface area contributed by atoms with E-state index in [2.05, 4.69) is 20.3 Å². The van der Waals surface area contributed by atoms with E-state index in [0.29, 0.717) is 16.8 Å². The largest absolute Gasteiger partial charge is 0.467 e. The lowest BCUT2D eigenvalue weighted by Gasteiger charge is -2.07. The van der Waals surface area contributed by atoms with E-state index in [0.717, 1.165) is 17.7 Å². The van der Waals surface area contributed by atoms with Gasteiger partial charge in [0.25, 0.3) is 0 Å². The number of nitrogens with zero attached hydrogens (tertiary/aromatic N) is 3. The molecule has 5 nitrogen and oxygen atoms in total. The van der Waals surface area contributed by atoms with E-state index in [-0.39, 0.29) is 6.01 Å². The first-order chi connectivity index (χ1) is 9.13. The average molecular weight is 279 g/mol. The molecule has 1 N–H and O–H groups in total. The van der Waals surface area contributed by atoms with Gasteiger partial charge in [-0.3, -0.25) is 0 Å². The molecule has 0 aliphatic rings. The summed E-state index contributed by atoms with van der Waals surface area (Å²) in [6.07, 6.45) is 0. The first-order valence-corrected chi connectivity index (χ1v) is 6.32. The number of hydrogen-bond donors (Lipinski definition) is 1. The van der Waals surface area contributed by atoms with Crippen LogP contribution in [0.1, 0.15) is 12.5 Å². The maximum atomic E-state index is 6.12. The number of hydrogen-bond acceptors (Lipinski definition) is 5. The molecular weight excluding hydrogens is 264 g/mol. The summed E-state index contributed by atoms with van der Waals surface area (Å²) in [5.41, 5.74) is 1.84. The minimum absolute atomic E-state index is 0.276. The standard InChI is InChI=1S/C13H15ClN4O/c1-4-15-12-16-11(17-13(18-12)19-3)9-6-5-8(2)10(14)7-9/h5-7H,4H2,1-3H3,(H,15,16,17,18). The van der Waals surface area contributed by atoms with E-state index in [1.165, 1.54) is 7.11 Å². The van der Waals surface area contributed by atoms with E-state index in [9.17, 15) is 0 Å². The Hall–Kier alpha value is -1.88. The molecule has 1 aromatic heterocycles. The molecule has 0 spiro atoms. The highest BCUT2D eigenvalue weighted by atomic mass is 35.5. The normalized spacial score (nSPS) is 10.3. The summed E-state index contributed by atoms with van der Waals surface area (Å²) < 4.78 is 5.08. The zero-order chi connectivity index (χ0) is 13.8. The molecule has 0 aliphatic carbocycles. The van der Waals surface area contributed by atoms with E-state index >= 15 is 0 Å². The number of rotatable bonds is 4. The zero-order valence-corrected chi connectivity index (χ0v) is 11.8. The molecular formula is C13H15ClN4O. The van der Waals surface area contributed by atoms with Crippen LogP contribution >= 0.6 is 11.6 Å². The number of methoxy groups -OCH3 is 1. The molecule has 0 amide bonds. The number of benzene rings is 1. The molecule has 0 radical (unpaired) electrons. The molecule has 0 saturated carbocycles. The topological polar surface area (TPSA) is 59.9 Å². The fourth-order valence-corrected chi connectivity index (χ4v) is 1.73. The Bertz CT molecular complexity index is 589. The van der Waals surface area contributed by atoms with Crippen molar-refractivity contribution in [3.63, 3.8) is 0 Å². The Balaban J connectivity index is 2.47. The van der Waals surface area contributed by atoms with Crippen LogP contribution in [-0.4, -0.2) is 28.6 Å². The van der Waals surface area contributed by atoms with Crippen molar-refractivity contribution in [1.29, 1.82) is 0 Å². The van der Waals surface area contributed by atoms with Crippen LogP contribution in [0, 0.1) is 6.92 Å². The summed E-state index contributed by atoms with van der Waals surface area (Å²) >= 11 is 6.12. The van der Waals surface area contributed by atoms with Crippen molar-refractivity contribution in [3.05, 3.63) is 28.8 Å². The van der Waals surface area contributed by atoms with Crippen molar-refractivity contribution in [3.8, 4) is 17.4 Å². The summed E-state index contributed by atoms with van der Waals surface area (Å²) in [6.45, 7) is 4.64. The van der Waals surface area contributed by atoms with Gasteiger partial charge in [0.15, 0.2) is 5.82 Å². The minimum Gasteiger partial charge on any atom is -0.467 e. The van der Waals surface area contributed by atoms with Gasteiger partial charge in [-0.1, -0.05) is 23.7 Å². The van der Waals surface area contributed by atoms with Crippen molar-refractivity contribution in [2.75, 3.05) is 19.0 Å². The summed E-state index contributed by atoms with van der Waals surface area (Å²) in [6, 6.07) is 5.96. The molecule has 0 aliphatic heterocycles. The SMILES string of the molecule is CCNc1nc(OC)nc(-c2ccc(C)c(Cl)c2)n1. The van der Waals surface area contributed by atoms with Crippen LogP contribution in [0.3, 0.4) is 0 Å². The summed E-state index contributed by atoms with van der Waals surface area (Å²) in [7, 11) is 1.52. The van der Waals surface area contributed by atoms with Crippen LogP contribution in [0.25, 0.3) is 11.4 Å². The van der Waals surface area contributed by atoms with Crippen molar-refractivity contribution in [1.82, 2.24) is 15.0 Å². The molecule has 0 atom stereocenters. The first-order valence-electron chi connectivity index (χ1n) is 5.94. The lowest BCUT2D eigenvalue weighted by Crippen LogP contribution is -2.06. The smallest absolute Gasteiger partial charge is 0.321 e. The molecule has 6 heteroatoms. The van der Waals surface area contributed by atoms with Crippen LogP contribution in [0.2, 0.25) is 5.02 Å². The van der Waals surface area contributed by atoms with Crippen LogP contribution in [-0.2, 0) is 0 Å². The minimum atomic E-state index is 0.276. The van der Waals surface area contributed by atoms with Crippen molar-refractivity contribution in [2.45, 2.75) is 13.8 Å². The first kappa shape index (κ1) is 13.5. The molecule has 0 fully saturated rings. The van der Waals surface area contributed by atoms with Crippen molar-refractivity contribution >= 4 is 17.5 Å². The monoisotopic (exact) mass is 278 g/mol. The zero-order valence-electron chi connectivity index (χ0n) is 11.1. The van der Waals surface area contributed by atoms with Gasteiger partial charge in [-0.05, 0) is 25.5 Å². The second-order valence-electron chi connectivity index (χ2n) is 3.96. The van der Waals surface area contributed by atoms with Crippen molar-refractivity contribution in [2.24, 2.45) is 0 Å². The maximum Gasteiger partial charge on any atom is 0.321 e. The van der Waals surface area contributed by atoms with Gasteiger partial charge < -0.3 is 10.1 Å². The molecule has 19 heavy (non-hydrogen) atoms. The van der Waals surface area contributed by atoms with E-state index < -0.39 is 0 Å². The number of aromatic nitrogens is 3. The van der Waals surface area contributed by atoms with Crippen LogP contribution < -0.4 is 10.1 Å². The Labute approximate surface area is 117 Å². The second-order valence-corrected chi connectivity index (χ2v) is 4.37. The van der Waals surface area contributed by atoms with Crippen molar-refractivity contribution < 1.29 is 4.74 Å². The predicted molar refractivity (Wildman–Crippen MR) is 75.7 cm³/mol. The number of halogens is 1. The Morgan fingerprint density at radius 1 is 1.26 bits per heavy atom. The van der Waals surface area contributed by atoms with Gasteiger partial charge in [0.05, 0.1) is 7.11 Å². The molecule has 2 rings (SSSR count). The van der Waals surface area contributed by atoms with Crippen LogP contribution in [0.4, 0.5) is 5.95 Å². The van der Waals surface area contributed by atoms with Crippen LogP contribution in [0.5, 0.6) is 6.01 Å². The lowest BCUT2D eigenvalue weighted by molar-refractivity contribution is 0.379. The predicted octanol–water partition coefficient (Wildman–Crippen LogP) is 2.94. The van der Waals surface area contributed by atoms with Crippen LogP contribution in [0.15, 0.2) is 18.2 Å². The van der Waals surface area contributed by atoms with Gasteiger partial charge in [-0.2, -0.15) is 15.0 Å². The van der Waals surface area contributed by atoms with Gasteiger partial charge in [0.2, 0.25) is 5.95 Å². The highest BCUT2D eigenvalue weighted by molar-refractivity contribution is 6.31. The number of anilines is 1. The fraction of sp³-hybridized carbons (Fsp3) is 0.308. The molecule has 0 saturated heterocycles. The third-order valence-corrected chi connectivity index (χ3v) is 2.97. The molecule has 1 aromatic carbocycles. The second kappa shape index (κ2) is 5.84. The molecule has 2 aromatic rings. The van der Waals surface area contributed by atoms with E-state index in [4.69, 9.17) is 16.3 Å². The summed E-state index contributed by atoms with van der Waals surface area (Å²) in [5.74, 6) is 1.02. The molecule has 0 bridgehead atoms. The van der Waals surface area contributed by atoms with Gasteiger partial charge >= 0.3 is 6.01 Å². The third kappa shape index (κ3) is 3.12. The highest BCUT2D eigenvalue weighted by Crippen LogP contribution is 2.24. The number of nitrogens with one attached hydrogen (secondary N) is 1. The Morgan fingerprint density at radius 3 is 2.68 bits per heavy atom. The Morgan fingerprint density at radius 2 is 2.05 bits per heavy atom. The Kier molecular flexibility index (Phi) is 4.16.